The molecule has 122 valence electrons. The van der Waals surface area contributed by atoms with Crippen molar-refractivity contribution in [3.63, 3.8) is 0 Å². The van der Waals surface area contributed by atoms with Crippen molar-refractivity contribution in [1.29, 1.82) is 0 Å². The molecule has 1 saturated heterocycles. The third kappa shape index (κ3) is 2.61. The average molecular weight is 314 g/mol. The van der Waals surface area contributed by atoms with Crippen molar-refractivity contribution in [2.45, 2.75) is 50.0 Å². The van der Waals surface area contributed by atoms with Crippen LogP contribution in [0.2, 0.25) is 0 Å². The fourth-order valence-corrected chi connectivity index (χ4v) is 4.02. The maximum atomic E-state index is 5.68. The summed E-state index contributed by atoms with van der Waals surface area (Å²) in [5.41, 5.74) is 1.11. The van der Waals surface area contributed by atoms with Crippen LogP contribution < -0.4 is 10.1 Å². The number of hydrogen-bond acceptors (Lipinski definition) is 6. The van der Waals surface area contributed by atoms with Crippen LogP contribution in [-0.2, 0) is 11.8 Å². The van der Waals surface area contributed by atoms with Crippen LogP contribution in [0.1, 0.15) is 49.4 Å². The van der Waals surface area contributed by atoms with Crippen molar-refractivity contribution in [3.05, 3.63) is 35.6 Å². The van der Waals surface area contributed by atoms with E-state index in [0.717, 1.165) is 36.7 Å². The molecule has 6 heteroatoms. The van der Waals surface area contributed by atoms with Gasteiger partial charge in [0.1, 0.15) is 0 Å². The lowest BCUT2D eigenvalue weighted by molar-refractivity contribution is 0.199. The molecule has 2 aromatic heterocycles. The molecule has 0 unspecified atom stereocenters. The molecule has 4 rings (SSSR count). The summed E-state index contributed by atoms with van der Waals surface area (Å²) in [7, 11) is 1.61. The smallest absolute Gasteiger partial charge is 0.234 e. The van der Waals surface area contributed by atoms with E-state index in [1.54, 1.807) is 13.3 Å². The SMILES string of the molecule is COc1ccc(Cc2noc([C@@]34CCCC[C@@H]3NCC4)n2)cn1. The van der Waals surface area contributed by atoms with E-state index in [1.165, 1.54) is 19.3 Å². The number of aromatic nitrogens is 3. The molecule has 1 aliphatic carbocycles. The van der Waals surface area contributed by atoms with Gasteiger partial charge in [-0.2, -0.15) is 4.98 Å². The molecule has 2 aliphatic rings. The van der Waals surface area contributed by atoms with Gasteiger partial charge in [0.05, 0.1) is 12.5 Å². The maximum Gasteiger partial charge on any atom is 0.234 e. The Labute approximate surface area is 135 Å². The summed E-state index contributed by atoms with van der Waals surface area (Å²) in [5.74, 6) is 2.17. The van der Waals surface area contributed by atoms with Gasteiger partial charge in [0.25, 0.3) is 0 Å². The maximum absolute atomic E-state index is 5.68. The molecule has 23 heavy (non-hydrogen) atoms. The van der Waals surface area contributed by atoms with Crippen LogP contribution in [0.3, 0.4) is 0 Å². The van der Waals surface area contributed by atoms with Crippen LogP contribution in [-0.4, -0.2) is 34.8 Å². The standard InChI is InChI=1S/C17H22N4O2/c1-22-15-6-5-12(11-19-15)10-14-20-16(23-21-14)17-7-3-2-4-13(17)18-9-8-17/h5-6,11,13,18H,2-4,7-10H2,1H3/t13-,17+/m0/s1. The molecule has 3 heterocycles. The van der Waals surface area contributed by atoms with Crippen LogP contribution in [0.5, 0.6) is 5.88 Å². The van der Waals surface area contributed by atoms with Gasteiger partial charge in [-0.3, -0.25) is 0 Å². The van der Waals surface area contributed by atoms with Crippen molar-refractivity contribution in [1.82, 2.24) is 20.4 Å². The van der Waals surface area contributed by atoms with Gasteiger partial charge in [-0.05, 0) is 31.4 Å². The molecule has 0 spiro atoms. The third-order valence-electron chi connectivity index (χ3n) is 5.26. The summed E-state index contributed by atoms with van der Waals surface area (Å²) in [6.07, 6.45) is 8.43. The predicted octanol–water partition coefficient (Wildman–Crippen LogP) is 2.24. The molecule has 0 amide bonds. The third-order valence-corrected chi connectivity index (χ3v) is 5.26. The molecular weight excluding hydrogens is 292 g/mol. The second kappa shape index (κ2) is 5.92. The Morgan fingerprint density at radius 2 is 2.30 bits per heavy atom. The van der Waals surface area contributed by atoms with E-state index in [1.807, 2.05) is 12.1 Å². The Morgan fingerprint density at radius 3 is 3.13 bits per heavy atom. The van der Waals surface area contributed by atoms with Crippen LogP contribution >= 0.6 is 0 Å². The number of ether oxygens (including phenoxy) is 1. The fourth-order valence-electron chi connectivity index (χ4n) is 4.02. The van der Waals surface area contributed by atoms with E-state index in [0.29, 0.717) is 18.3 Å². The first-order valence-electron chi connectivity index (χ1n) is 8.35. The second-order valence-corrected chi connectivity index (χ2v) is 6.56. The Kier molecular flexibility index (Phi) is 3.77. The molecule has 1 saturated carbocycles. The number of methoxy groups -OCH3 is 1. The quantitative estimate of drug-likeness (QED) is 0.933. The molecule has 6 nitrogen and oxygen atoms in total. The molecule has 2 aromatic rings. The normalized spacial score (nSPS) is 26.9. The molecular formula is C17H22N4O2. The summed E-state index contributed by atoms with van der Waals surface area (Å²) in [6.45, 7) is 1.05. The molecule has 1 N–H and O–H groups in total. The highest BCUT2D eigenvalue weighted by molar-refractivity contribution is 5.22. The van der Waals surface area contributed by atoms with Gasteiger partial charge in [-0.1, -0.05) is 24.1 Å². The minimum Gasteiger partial charge on any atom is -0.481 e. The van der Waals surface area contributed by atoms with E-state index in [2.05, 4.69) is 15.5 Å². The first-order chi connectivity index (χ1) is 11.3. The van der Waals surface area contributed by atoms with Crippen molar-refractivity contribution >= 4 is 0 Å². The number of fused-ring (bicyclic) bond motifs is 1. The van der Waals surface area contributed by atoms with Crippen LogP contribution in [0, 0.1) is 0 Å². The number of pyridine rings is 1. The topological polar surface area (TPSA) is 73.1 Å². The van der Waals surface area contributed by atoms with E-state index in [4.69, 9.17) is 14.2 Å². The fraction of sp³-hybridized carbons (Fsp3) is 0.588. The lowest BCUT2D eigenvalue weighted by atomic mass is 9.70. The van der Waals surface area contributed by atoms with Crippen molar-refractivity contribution in [2.24, 2.45) is 0 Å². The monoisotopic (exact) mass is 314 g/mol. The van der Waals surface area contributed by atoms with E-state index in [9.17, 15) is 0 Å². The Balaban J connectivity index is 1.54. The van der Waals surface area contributed by atoms with Crippen molar-refractivity contribution in [2.75, 3.05) is 13.7 Å². The first-order valence-corrected chi connectivity index (χ1v) is 8.35. The minimum atomic E-state index is 0.0572. The van der Waals surface area contributed by atoms with Gasteiger partial charge < -0.3 is 14.6 Å². The van der Waals surface area contributed by atoms with Gasteiger partial charge in [0.2, 0.25) is 11.8 Å². The largest absolute Gasteiger partial charge is 0.481 e. The predicted molar refractivity (Wildman–Crippen MR) is 84.4 cm³/mol. The molecule has 0 bridgehead atoms. The van der Waals surface area contributed by atoms with Gasteiger partial charge in [-0.15, -0.1) is 0 Å². The summed E-state index contributed by atoms with van der Waals surface area (Å²) < 4.78 is 10.8. The zero-order valence-corrected chi connectivity index (χ0v) is 13.4. The van der Waals surface area contributed by atoms with Crippen LogP contribution in [0.4, 0.5) is 0 Å². The molecule has 1 aliphatic heterocycles. The molecule has 0 radical (unpaired) electrons. The van der Waals surface area contributed by atoms with Gasteiger partial charge in [0.15, 0.2) is 5.82 Å². The minimum absolute atomic E-state index is 0.0572. The highest BCUT2D eigenvalue weighted by Gasteiger charge is 2.49. The van der Waals surface area contributed by atoms with Gasteiger partial charge >= 0.3 is 0 Å². The Morgan fingerprint density at radius 1 is 1.35 bits per heavy atom. The molecule has 0 aromatic carbocycles. The van der Waals surface area contributed by atoms with Gasteiger partial charge in [-0.25, -0.2) is 4.98 Å². The van der Waals surface area contributed by atoms with Crippen molar-refractivity contribution in [3.8, 4) is 5.88 Å². The zero-order chi connectivity index (χ0) is 15.7. The van der Waals surface area contributed by atoms with E-state index < -0.39 is 0 Å². The highest BCUT2D eigenvalue weighted by atomic mass is 16.5. The summed E-state index contributed by atoms with van der Waals surface area (Å²) >= 11 is 0. The van der Waals surface area contributed by atoms with Crippen molar-refractivity contribution < 1.29 is 9.26 Å². The number of hydrogen-bond donors (Lipinski definition) is 1. The number of rotatable bonds is 4. The van der Waals surface area contributed by atoms with E-state index in [-0.39, 0.29) is 5.41 Å². The zero-order valence-electron chi connectivity index (χ0n) is 13.4. The Hall–Kier alpha value is -1.95. The summed E-state index contributed by atoms with van der Waals surface area (Å²) in [4.78, 5) is 8.95. The Bertz CT molecular complexity index is 669. The van der Waals surface area contributed by atoms with Gasteiger partial charge in [0, 0.05) is 24.7 Å². The summed E-state index contributed by atoms with van der Waals surface area (Å²) in [5, 5.41) is 7.83. The van der Waals surface area contributed by atoms with E-state index >= 15 is 0 Å². The van der Waals surface area contributed by atoms with Crippen LogP contribution in [0.15, 0.2) is 22.9 Å². The summed E-state index contributed by atoms with van der Waals surface area (Å²) in [6, 6.07) is 4.33. The second-order valence-electron chi connectivity index (χ2n) is 6.56. The highest BCUT2D eigenvalue weighted by Crippen LogP contribution is 2.44. The lowest BCUT2D eigenvalue weighted by Gasteiger charge is -2.35. The molecule has 2 fully saturated rings. The lowest BCUT2D eigenvalue weighted by Crippen LogP contribution is -2.43. The number of nitrogens with one attached hydrogen (secondary N) is 1. The first kappa shape index (κ1) is 14.6. The number of nitrogens with zero attached hydrogens (tertiary/aromatic N) is 3. The average Bonchev–Trinajstić information content (AvgIpc) is 3.23. The van der Waals surface area contributed by atoms with Crippen LogP contribution in [0.25, 0.3) is 0 Å². The molecule has 2 atom stereocenters.